The maximum atomic E-state index is 4.43. The first-order chi connectivity index (χ1) is 6.07. The fourth-order valence-corrected chi connectivity index (χ4v) is 1.99. The summed E-state index contributed by atoms with van der Waals surface area (Å²) in [6, 6.07) is 4.36. The monoisotopic (exact) mass is 191 g/mol. The van der Waals surface area contributed by atoms with Crippen molar-refractivity contribution in [1.82, 2.24) is 4.98 Å². The highest BCUT2D eigenvalue weighted by Gasteiger charge is 2.14. The SMILES string of the molecule is CC(C)(C)c1cnc2sccc2c1. The van der Waals surface area contributed by atoms with Crippen molar-refractivity contribution in [1.29, 1.82) is 0 Å². The molecule has 2 heteroatoms. The number of pyridine rings is 1. The molecular formula is C11H13NS. The van der Waals surface area contributed by atoms with Crippen LogP contribution < -0.4 is 0 Å². The third kappa shape index (κ3) is 1.59. The zero-order valence-electron chi connectivity index (χ0n) is 8.16. The van der Waals surface area contributed by atoms with E-state index in [4.69, 9.17) is 0 Å². The van der Waals surface area contributed by atoms with Crippen LogP contribution in [0.4, 0.5) is 0 Å². The third-order valence-corrected chi connectivity index (χ3v) is 3.01. The van der Waals surface area contributed by atoms with Crippen molar-refractivity contribution in [2.45, 2.75) is 26.2 Å². The van der Waals surface area contributed by atoms with Crippen LogP contribution in [-0.4, -0.2) is 4.98 Å². The van der Waals surface area contributed by atoms with Gasteiger partial charge in [-0.1, -0.05) is 20.8 Å². The molecule has 0 aromatic carbocycles. The van der Waals surface area contributed by atoms with Gasteiger partial charge >= 0.3 is 0 Å². The van der Waals surface area contributed by atoms with Crippen molar-refractivity contribution in [2.75, 3.05) is 0 Å². The molecule has 68 valence electrons. The largest absolute Gasteiger partial charge is 0.245 e. The van der Waals surface area contributed by atoms with E-state index < -0.39 is 0 Å². The van der Waals surface area contributed by atoms with E-state index >= 15 is 0 Å². The van der Waals surface area contributed by atoms with Gasteiger partial charge in [-0.05, 0) is 28.5 Å². The maximum absolute atomic E-state index is 4.43. The second-order valence-corrected chi connectivity index (χ2v) is 5.18. The van der Waals surface area contributed by atoms with E-state index in [1.807, 2.05) is 6.20 Å². The van der Waals surface area contributed by atoms with Crippen LogP contribution in [-0.2, 0) is 5.41 Å². The zero-order valence-corrected chi connectivity index (χ0v) is 8.98. The fourth-order valence-electron chi connectivity index (χ4n) is 1.27. The number of aromatic nitrogens is 1. The van der Waals surface area contributed by atoms with Crippen LogP contribution in [0.15, 0.2) is 23.7 Å². The van der Waals surface area contributed by atoms with E-state index in [0.29, 0.717) is 0 Å². The van der Waals surface area contributed by atoms with Crippen molar-refractivity contribution in [3.05, 3.63) is 29.3 Å². The normalized spacial score (nSPS) is 12.2. The molecule has 2 aromatic rings. The van der Waals surface area contributed by atoms with Gasteiger partial charge in [-0.2, -0.15) is 0 Å². The van der Waals surface area contributed by atoms with Gasteiger partial charge in [0, 0.05) is 11.6 Å². The molecular weight excluding hydrogens is 178 g/mol. The van der Waals surface area contributed by atoms with Gasteiger partial charge in [0.2, 0.25) is 0 Å². The molecule has 0 aliphatic carbocycles. The number of hydrogen-bond acceptors (Lipinski definition) is 2. The lowest BCUT2D eigenvalue weighted by molar-refractivity contribution is 0.589. The molecule has 0 aliphatic rings. The van der Waals surface area contributed by atoms with Crippen LogP contribution in [0.5, 0.6) is 0 Å². The summed E-state index contributed by atoms with van der Waals surface area (Å²) < 4.78 is 0. The van der Waals surface area contributed by atoms with E-state index in [9.17, 15) is 0 Å². The lowest BCUT2D eigenvalue weighted by atomic mass is 9.88. The minimum absolute atomic E-state index is 0.198. The molecule has 13 heavy (non-hydrogen) atoms. The highest BCUT2D eigenvalue weighted by atomic mass is 32.1. The number of hydrogen-bond donors (Lipinski definition) is 0. The van der Waals surface area contributed by atoms with Crippen molar-refractivity contribution in [2.24, 2.45) is 0 Å². The minimum atomic E-state index is 0.198. The predicted octanol–water partition coefficient (Wildman–Crippen LogP) is 3.59. The van der Waals surface area contributed by atoms with Crippen molar-refractivity contribution in [3.8, 4) is 0 Å². The highest BCUT2D eigenvalue weighted by molar-refractivity contribution is 7.16. The Balaban J connectivity index is 2.61. The van der Waals surface area contributed by atoms with Crippen molar-refractivity contribution >= 4 is 21.6 Å². The first-order valence-corrected chi connectivity index (χ1v) is 5.29. The number of rotatable bonds is 0. The maximum Gasteiger partial charge on any atom is 0.123 e. The van der Waals surface area contributed by atoms with Gasteiger partial charge in [-0.15, -0.1) is 11.3 Å². The summed E-state index contributed by atoms with van der Waals surface area (Å²) in [4.78, 5) is 5.56. The van der Waals surface area contributed by atoms with Gasteiger partial charge in [0.15, 0.2) is 0 Å². The topological polar surface area (TPSA) is 12.9 Å². The van der Waals surface area contributed by atoms with Crippen LogP contribution in [0, 0.1) is 0 Å². The fraction of sp³-hybridized carbons (Fsp3) is 0.364. The van der Waals surface area contributed by atoms with Gasteiger partial charge in [-0.25, -0.2) is 4.98 Å². The Morgan fingerprint density at radius 3 is 2.77 bits per heavy atom. The second kappa shape index (κ2) is 2.81. The average Bonchev–Trinajstić information content (AvgIpc) is 2.47. The molecule has 0 bridgehead atoms. The second-order valence-electron chi connectivity index (χ2n) is 4.29. The summed E-state index contributed by atoms with van der Waals surface area (Å²) in [6.07, 6.45) is 1.98. The van der Waals surface area contributed by atoms with Gasteiger partial charge in [0.25, 0.3) is 0 Å². The lowest BCUT2D eigenvalue weighted by Crippen LogP contribution is -2.10. The summed E-state index contributed by atoms with van der Waals surface area (Å²) in [5, 5.41) is 3.35. The van der Waals surface area contributed by atoms with Crippen LogP contribution in [0.25, 0.3) is 10.2 Å². The Morgan fingerprint density at radius 2 is 2.08 bits per heavy atom. The molecule has 0 N–H and O–H groups in total. The summed E-state index contributed by atoms with van der Waals surface area (Å²) in [6.45, 7) is 6.63. The van der Waals surface area contributed by atoms with E-state index in [0.717, 1.165) is 4.83 Å². The van der Waals surface area contributed by atoms with Gasteiger partial charge in [0.05, 0.1) is 0 Å². The molecule has 0 atom stereocenters. The van der Waals surface area contributed by atoms with E-state index in [2.05, 4.69) is 43.3 Å². The Hall–Kier alpha value is -0.890. The first kappa shape index (κ1) is 8.70. The summed E-state index contributed by atoms with van der Waals surface area (Å²) in [5.41, 5.74) is 1.50. The average molecular weight is 191 g/mol. The molecule has 0 saturated carbocycles. The number of nitrogens with zero attached hydrogens (tertiary/aromatic N) is 1. The van der Waals surface area contributed by atoms with E-state index in [1.54, 1.807) is 11.3 Å². The van der Waals surface area contributed by atoms with Crippen LogP contribution in [0.3, 0.4) is 0 Å². The quantitative estimate of drug-likeness (QED) is 0.620. The molecule has 2 aromatic heterocycles. The predicted molar refractivity (Wildman–Crippen MR) is 58.3 cm³/mol. The smallest absolute Gasteiger partial charge is 0.123 e. The standard InChI is InChI=1S/C11H13NS/c1-11(2,3)9-6-8-4-5-13-10(8)12-7-9/h4-7H,1-3H3. The Labute approximate surface area is 82.4 Å². The summed E-state index contributed by atoms with van der Waals surface area (Å²) in [5.74, 6) is 0. The molecule has 0 aliphatic heterocycles. The van der Waals surface area contributed by atoms with Crippen molar-refractivity contribution in [3.63, 3.8) is 0 Å². The lowest BCUT2D eigenvalue weighted by Gasteiger charge is -2.18. The first-order valence-electron chi connectivity index (χ1n) is 4.41. The molecule has 0 amide bonds. The number of fused-ring (bicyclic) bond motifs is 1. The zero-order chi connectivity index (χ0) is 9.47. The Kier molecular flexibility index (Phi) is 1.88. The third-order valence-electron chi connectivity index (χ3n) is 2.17. The minimum Gasteiger partial charge on any atom is -0.245 e. The molecule has 0 spiro atoms. The molecule has 1 nitrogen and oxygen atoms in total. The Bertz CT molecular complexity index is 423. The van der Waals surface area contributed by atoms with Crippen LogP contribution in [0.1, 0.15) is 26.3 Å². The summed E-state index contributed by atoms with van der Waals surface area (Å²) in [7, 11) is 0. The molecule has 0 unspecified atom stereocenters. The van der Waals surface area contributed by atoms with E-state index in [1.165, 1.54) is 10.9 Å². The van der Waals surface area contributed by atoms with Crippen molar-refractivity contribution < 1.29 is 0 Å². The van der Waals surface area contributed by atoms with E-state index in [-0.39, 0.29) is 5.41 Å². The molecule has 0 radical (unpaired) electrons. The Morgan fingerprint density at radius 1 is 1.31 bits per heavy atom. The summed E-state index contributed by atoms with van der Waals surface area (Å²) >= 11 is 1.70. The van der Waals surface area contributed by atoms with Crippen LogP contribution >= 0.6 is 11.3 Å². The molecule has 2 heterocycles. The molecule has 2 rings (SSSR count). The van der Waals surface area contributed by atoms with Gasteiger partial charge < -0.3 is 0 Å². The molecule has 0 saturated heterocycles. The number of thiophene rings is 1. The highest BCUT2D eigenvalue weighted by Crippen LogP contribution is 2.26. The van der Waals surface area contributed by atoms with Crippen LogP contribution in [0.2, 0.25) is 0 Å². The van der Waals surface area contributed by atoms with Gasteiger partial charge in [-0.3, -0.25) is 0 Å². The molecule has 0 fully saturated rings. The van der Waals surface area contributed by atoms with Gasteiger partial charge in [0.1, 0.15) is 4.83 Å².